The Kier molecular flexibility index (Phi) is 4.48. The van der Waals surface area contributed by atoms with Crippen LogP contribution < -0.4 is 5.32 Å². The number of carbonyl (C=O) groups is 2. The smallest absolute Gasteiger partial charge is 0.325 e. The number of fused-ring (bicyclic) bond motifs is 1. The van der Waals surface area contributed by atoms with Gasteiger partial charge in [0.25, 0.3) is 5.91 Å². The topological polar surface area (TPSA) is 93.1 Å². The number of benzene rings is 1. The van der Waals surface area contributed by atoms with E-state index in [4.69, 9.17) is 0 Å². The predicted octanol–water partition coefficient (Wildman–Crippen LogP) is 1.89. The summed E-state index contributed by atoms with van der Waals surface area (Å²) in [5.74, 6) is -0.122. The highest BCUT2D eigenvalue weighted by molar-refractivity contribution is 6.07. The van der Waals surface area contributed by atoms with Crippen molar-refractivity contribution >= 4 is 11.9 Å². The Morgan fingerprint density at radius 1 is 1.24 bits per heavy atom. The normalized spacial score (nSPS) is 37.7. The molecule has 0 aromatic heterocycles. The van der Waals surface area contributed by atoms with E-state index in [1.807, 2.05) is 33.9 Å². The molecule has 2 heterocycles. The first-order valence-electron chi connectivity index (χ1n) is 10.5. The Balaban J connectivity index is 1.94. The summed E-state index contributed by atoms with van der Waals surface area (Å²) in [5, 5.41) is 24.9. The van der Waals surface area contributed by atoms with E-state index in [1.165, 1.54) is 0 Å². The van der Waals surface area contributed by atoms with Gasteiger partial charge in [0.1, 0.15) is 11.3 Å². The molecule has 3 aliphatic rings. The van der Waals surface area contributed by atoms with Gasteiger partial charge < -0.3 is 20.0 Å². The molecule has 1 aromatic carbocycles. The molecule has 4 unspecified atom stereocenters. The molecule has 4 atom stereocenters. The minimum absolute atomic E-state index is 0.120. The minimum atomic E-state index is -1.07. The van der Waals surface area contributed by atoms with E-state index in [0.717, 1.165) is 17.7 Å². The van der Waals surface area contributed by atoms with Crippen molar-refractivity contribution in [2.75, 3.05) is 20.1 Å². The Morgan fingerprint density at radius 2 is 1.97 bits per heavy atom. The molecule has 29 heavy (non-hydrogen) atoms. The number of nitrogens with one attached hydrogen (secondary N) is 1. The number of likely N-dealkylation sites (tertiary alicyclic amines) is 1. The molecule has 1 aliphatic carbocycles. The third-order valence-corrected chi connectivity index (χ3v) is 8.04. The molecule has 2 saturated heterocycles. The SMILES string of the molecule is CCN1C(=O)NC(=O)C12CCC1(O)C(C)N(C)CCC1(c1cc(O)ccc1C)C2. The number of aromatic hydroxyl groups is 1. The number of phenolic OH excluding ortho intramolecular Hbond substituents is 1. The molecule has 1 spiro atoms. The second-order valence-electron chi connectivity index (χ2n) is 9.12. The number of carbonyl (C=O) groups excluding carboxylic acids is 2. The van der Waals surface area contributed by atoms with Crippen molar-refractivity contribution in [3.63, 3.8) is 0 Å². The lowest BCUT2D eigenvalue weighted by molar-refractivity contribution is -0.174. The van der Waals surface area contributed by atoms with Gasteiger partial charge in [-0.3, -0.25) is 10.1 Å². The first-order chi connectivity index (χ1) is 13.6. The number of urea groups is 1. The third-order valence-electron chi connectivity index (χ3n) is 8.04. The van der Waals surface area contributed by atoms with Crippen LogP contribution in [-0.4, -0.2) is 69.3 Å². The number of imide groups is 1. The van der Waals surface area contributed by atoms with E-state index >= 15 is 0 Å². The lowest BCUT2D eigenvalue weighted by Gasteiger charge is -2.63. The fourth-order valence-electron chi connectivity index (χ4n) is 6.27. The zero-order valence-electron chi connectivity index (χ0n) is 17.7. The molecule has 3 N–H and O–H groups in total. The molecule has 3 fully saturated rings. The quantitative estimate of drug-likeness (QED) is 0.658. The molecule has 0 radical (unpaired) electrons. The van der Waals surface area contributed by atoms with E-state index in [0.29, 0.717) is 32.2 Å². The molecule has 1 saturated carbocycles. The van der Waals surface area contributed by atoms with Crippen molar-refractivity contribution < 1.29 is 19.8 Å². The van der Waals surface area contributed by atoms with E-state index in [9.17, 15) is 19.8 Å². The Hall–Kier alpha value is -2.12. The van der Waals surface area contributed by atoms with Crippen molar-refractivity contribution in [2.24, 2.45) is 0 Å². The number of aryl methyl sites for hydroxylation is 1. The lowest BCUT2D eigenvalue weighted by atomic mass is 9.49. The average Bonchev–Trinajstić information content (AvgIpc) is 2.91. The second-order valence-corrected chi connectivity index (χ2v) is 9.12. The lowest BCUT2D eigenvalue weighted by Crippen LogP contribution is -2.73. The number of aliphatic hydroxyl groups is 1. The van der Waals surface area contributed by atoms with Gasteiger partial charge in [-0.25, -0.2) is 4.79 Å². The maximum Gasteiger partial charge on any atom is 0.325 e. The van der Waals surface area contributed by atoms with Crippen LogP contribution in [0.1, 0.15) is 50.7 Å². The summed E-state index contributed by atoms with van der Waals surface area (Å²) in [6.07, 6.45) is 1.83. The van der Waals surface area contributed by atoms with Gasteiger partial charge in [-0.15, -0.1) is 0 Å². The number of hydrogen-bond donors (Lipinski definition) is 3. The van der Waals surface area contributed by atoms with E-state index in [-0.39, 0.29) is 23.7 Å². The zero-order valence-corrected chi connectivity index (χ0v) is 17.7. The van der Waals surface area contributed by atoms with Gasteiger partial charge in [-0.1, -0.05) is 6.07 Å². The molecule has 2 aliphatic heterocycles. The first-order valence-corrected chi connectivity index (χ1v) is 10.5. The van der Waals surface area contributed by atoms with Gasteiger partial charge >= 0.3 is 6.03 Å². The number of likely N-dealkylation sites (N-methyl/N-ethyl adjacent to an activating group) is 2. The summed E-state index contributed by atoms with van der Waals surface area (Å²) in [6, 6.07) is 4.77. The molecule has 0 bridgehead atoms. The van der Waals surface area contributed by atoms with Crippen LogP contribution in [0, 0.1) is 6.92 Å². The fraction of sp³-hybridized carbons (Fsp3) is 0.636. The van der Waals surface area contributed by atoms with Crippen LogP contribution in [0.4, 0.5) is 4.79 Å². The summed E-state index contributed by atoms with van der Waals surface area (Å²) in [7, 11) is 2.01. The van der Waals surface area contributed by atoms with Crippen molar-refractivity contribution in [3.05, 3.63) is 29.3 Å². The Labute approximate surface area is 171 Å². The van der Waals surface area contributed by atoms with Gasteiger partial charge in [0.05, 0.1) is 5.60 Å². The number of hydrogen-bond acceptors (Lipinski definition) is 5. The molecule has 158 valence electrons. The minimum Gasteiger partial charge on any atom is -0.508 e. The maximum absolute atomic E-state index is 13.1. The molecule has 7 nitrogen and oxygen atoms in total. The molecule has 7 heteroatoms. The number of nitrogens with zero attached hydrogens (tertiary/aromatic N) is 2. The van der Waals surface area contributed by atoms with Crippen LogP contribution in [0.3, 0.4) is 0 Å². The molecule has 3 amide bonds. The standard InChI is InChI=1S/C22H31N3O4/c1-5-25-19(28)23-18(27)21(25)8-9-22(29)15(3)24(4)11-10-20(22,13-21)17-12-16(26)7-6-14(17)2/h6-7,12,15,26,29H,5,8-11,13H2,1-4H3,(H,23,27,28). The monoisotopic (exact) mass is 401 g/mol. The number of amides is 3. The van der Waals surface area contributed by atoms with Crippen molar-refractivity contribution in [2.45, 2.75) is 69.1 Å². The van der Waals surface area contributed by atoms with E-state index in [1.54, 1.807) is 17.0 Å². The van der Waals surface area contributed by atoms with Crippen LogP contribution in [0.5, 0.6) is 5.75 Å². The number of rotatable bonds is 2. The zero-order chi connectivity index (χ0) is 21.2. The summed E-state index contributed by atoms with van der Waals surface area (Å²) in [5.41, 5.74) is -0.930. The van der Waals surface area contributed by atoms with Crippen molar-refractivity contribution in [1.29, 1.82) is 0 Å². The molecule has 4 rings (SSSR count). The van der Waals surface area contributed by atoms with Crippen molar-refractivity contribution in [3.8, 4) is 5.75 Å². The summed E-state index contributed by atoms with van der Waals surface area (Å²) < 4.78 is 0. The number of piperidine rings is 1. The van der Waals surface area contributed by atoms with Gasteiger partial charge in [-0.2, -0.15) is 0 Å². The van der Waals surface area contributed by atoms with Crippen molar-refractivity contribution in [1.82, 2.24) is 15.1 Å². The van der Waals surface area contributed by atoms with E-state index in [2.05, 4.69) is 10.2 Å². The van der Waals surface area contributed by atoms with Crippen LogP contribution in [0.25, 0.3) is 0 Å². The third kappa shape index (κ3) is 2.50. The first kappa shape index (κ1) is 20.2. The Morgan fingerprint density at radius 3 is 2.66 bits per heavy atom. The van der Waals surface area contributed by atoms with Crippen LogP contribution in [0.15, 0.2) is 18.2 Å². The van der Waals surface area contributed by atoms with Crippen LogP contribution in [-0.2, 0) is 10.2 Å². The van der Waals surface area contributed by atoms with Gasteiger partial charge in [-0.05, 0) is 83.3 Å². The van der Waals surface area contributed by atoms with Gasteiger partial charge in [0, 0.05) is 18.0 Å². The predicted molar refractivity (Wildman–Crippen MR) is 109 cm³/mol. The second kappa shape index (κ2) is 6.44. The van der Waals surface area contributed by atoms with Gasteiger partial charge in [0.15, 0.2) is 0 Å². The summed E-state index contributed by atoms with van der Waals surface area (Å²) in [6.45, 7) is 7.08. The highest BCUT2D eigenvalue weighted by Gasteiger charge is 2.68. The molecular weight excluding hydrogens is 370 g/mol. The molecular formula is C22H31N3O4. The van der Waals surface area contributed by atoms with Gasteiger partial charge in [0.2, 0.25) is 0 Å². The Bertz CT molecular complexity index is 874. The van der Waals surface area contributed by atoms with Crippen LogP contribution >= 0.6 is 0 Å². The summed E-state index contributed by atoms with van der Waals surface area (Å²) >= 11 is 0. The van der Waals surface area contributed by atoms with E-state index < -0.39 is 16.6 Å². The largest absolute Gasteiger partial charge is 0.508 e. The highest BCUT2D eigenvalue weighted by atomic mass is 16.3. The number of phenols is 1. The average molecular weight is 402 g/mol. The maximum atomic E-state index is 13.1. The summed E-state index contributed by atoms with van der Waals surface area (Å²) in [4.78, 5) is 29.4. The fourth-order valence-corrected chi connectivity index (χ4v) is 6.27. The highest BCUT2D eigenvalue weighted by Crippen LogP contribution is 2.59. The molecule has 1 aromatic rings. The van der Waals surface area contributed by atoms with Crippen LogP contribution in [0.2, 0.25) is 0 Å².